The van der Waals surface area contributed by atoms with E-state index in [4.69, 9.17) is 4.74 Å². The fraction of sp³-hybridized carbons (Fsp3) is 0.412. The molecule has 0 spiro atoms. The highest BCUT2D eigenvalue weighted by Gasteiger charge is 2.25. The molecule has 0 amide bonds. The zero-order valence-electron chi connectivity index (χ0n) is 14.0. The van der Waals surface area contributed by atoms with Crippen LogP contribution < -0.4 is 4.72 Å². The largest absolute Gasteiger partial charge is 0.379 e. The van der Waals surface area contributed by atoms with Gasteiger partial charge in [0.1, 0.15) is 11.6 Å². The van der Waals surface area contributed by atoms with Gasteiger partial charge in [0.2, 0.25) is 10.0 Å². The summed E-state index contributed by atoms with van der Waals surface area (Å²) < 4.78 is 59.3. The van der Waals surface area contributed by atoms with Crippen molar-refractivity contribution in [3.63, 3.8) is 0 Å². The van der Waals surface area contributed by atoms with E-state index in [1.165, 1.54) is 0 Å². The number of halogens is 2. The van der Waals surface area contributed by atoms with Crippen molar-refractivity contribution in [3.05, 3.63) is 57.8 Å². The summed E-state index contributed by atoms with van der Waals surface area (Å²) in [7, 11) is -3.73. The van der Waals surface area contributed by atoms with Crippen LogP contribution in [0.2, 0.25) is 0 Å². The minimum Gasteiger partial charge on any atom is -0.379 e. The van der Waals surface area contributed by atoms with Gasteiger partial charge in [-0.15, -0.1) is 11.3 Å². The van der Waals surface area contributed by atoms with Gasteiger partial charge >= 0.3 is 0 Å². The molecular formula is C17H20F2N2O3S2. The number of morpholine rings is 1. The number of thiophene rings is 1. The summed E-state index contributed by atoms with van der Waals surface area (Å²) in [4.78, 5) is 3.24. The predicted molar refractivity (Wildman–Crippen MR) is 96.4 cm³/mol. The van der Waals surface area contributed by atoms with Crippen LogP contribution in [0.5, 0.6) is 0 Å². The van der Waals surface area contributed by atoms with Gasteiger partial charge in [0.25, 0.3) is 0 Å². The first kappa shape index (κ1) is 19.4. The maximum absolute atomic E-state index is 13.3. The summed E-state index contributed by atoms with van der Waals surface area (Å²) in [6.45, 7) is 2.85. The van der Waals surface area contributed by atoms with Crippen molar-refractivity contribution in [3.8, 4) is 0 Å². The molecule has 1 N–H and O–H groups in total. The molecule has 2 heterocycles. The van der Waals surface area contributed by atoms with Crippen molar-refractivity contribution in [2.24, 2.45) is 0 Å². The first-order chi connectivity index (χ1) is 12.4. The molecule has 3 rings (SSSR count). The number of rotatable bonds is 7. The lowest BCUT2D eigenvalue weighted by atomic mass is 10.2. The third kappa shape index (κ3) is 5.31. The molecule has 1 fully saturated rings. The van der Waals surface area contributed by atoms with Crippen molar-refractivity contribution in [1.29, 1.82) is 0 Å². The highest BCUT2D eigenvalue weighted by molar-refractivity contribution is 7.88. The van der Waals surface area contributed by atoms with Crippen LogP contribution in [-0.4, -0.2) is 46.2 Å². The van der Waals surface area contributed by atoms with Crippen LogP contribution in [0, 0.1) is 11.6 Å². The molecular weight excluding hydrogens is 382 g/mol. The summed E-state index contributed by atoms with van der Waals surface area (Å²) in [5, 5.41) is 1.95. The van der Waals surface area contributed by atoms with Gasteiger partial charge in [-0.2, -0.15) is 0 Å². The lowest BCUT2D eigenvalue weighted by Gasteiger charge is -2.34. The topological polar surface area (TPSA) is 58.6 Å². The van der Waals surface area contributed by atoms with E-state index in [2.05, 4.69) is 9.62 Å². The second kappa shape index (κ2) is 8.53. The highest BCUT2D eigenvalue weighted by Crippen LogP contribution is 2.25. The molecule has 1 atom stereocenters. The third-order valence-electron chi connectivity index (χ3n) is 4.13. The quantitative estimate of drug-likeness (QED) is 0.773. The lowest BCUT2D eigenvalue weighted by molar-refractivity contribution is 0.0179. The standard InChI is InChI=1S/C17H20F2N2O3S2/c18-14-8-13(9-15(19)10-14)12-26(22,23)20-11-16(17-2-1-7-25-17)21-3-5-24-6-4-21/h1-2,7-10,16,20H,3-6,11-12H2/t16-/m1/s1. The van der Waals surface area contributed by atoms with Gasteiger partial charge in [0.05, 0.1) is 25.0 Å². The van der Waals surface area contributed by atoms with Gasteiger partial charge in [-0.3, -0.25) is 4.90 Å². The summed E-state index contributed by atoms with van der Waals surface area (Å²) in [5.41, 5.74) is 0.0778. The van der Waals surface area contributed by atoms with Gasteiger partial charge in [-0.1, -0.05) is 6.07 Å². The van der Waals surface area contributed by atoms with E-state index >= 15 is 0 Å². The summed E-state index contributed by atoms with van der Waals surface area (Å²) in [5.74, 6) is -2.05. The van der Waals surface area contributed by atoms with E-state index in [0.29, 0.717) is 13.2 Å². The lowest BCUT2D eigenvalue weighted by Crippen LogP contribution is -2.43. The number of nitrogens with one attached hydrogen (secondary N) is 1. The van der Waals surface area contributed by atoms with Gasteiger partial charge in [0.15, 0.2) is 0 Å². The fourth-order valence-corrected chi connectivity index (χ4v) is 4.93. The van der Waals surface area contributed by atoms with E-state index in [1.54, 1.807) is 11.3 Å². The van der Waals surface area contributed by atoms with Crippen LogP contribution in [0.1, 0.15) is 16.5 Å². The van der Waals surface area contributed by atoms with Crippen molar-refractivity contribution >= 4 is 21.4 Å². The van der Waals surface area contributed by atoms with Crippen molar-refractivity contribution in [2.45, 2.75) is 11.8 Å². The molecule has 1 aliphatic heterocycles. The molecule has 1 aliphatic rings. The Morgan fingerprint density at radius 1 is 1.19 bits per heavy atom. The molecule has 142 valence electrons. The monoisotopic (exact) mass is 402 g/mol. The zero-order valence-corrected chi connectivity index (χ0v) is 15.7. The molecule has 1 aromatic heterocycles. The second-order valence-corrected chi connectivity index (χ2v) is 8.85. The Kier molecular flexibility index (Phi) is 6.36. The second-order valence-electron chi connectivity index (χ2n) is 6.06. The SMILES string of the molecule is O=S(=O)(Cc1cc(F)cc(F)c1)NC[C@H](c1cccs1)N1CCOCC1. The molecule has 26 heavy (non-hydrogen) atoms. The number of hydrogen-bond acceptors (Lipinski definition) is 5. The first-order valence-corrected chi connectivity index (χ1v) is 10.7. The number of hydrogen-bond donors (Lipinski definition) is 1. The van der Waals surface area contributed by atoms with Gasteiger partial charge in [-0.05, 0) is 29.1 Å². The van der Waals surface area contributed by atoms with E-state index in [9.17, 15) is 17.2 Å². The molecule has 0 aliphatic carbocycles. The van der Waals surface area contributed by atoms with Gasteiger partial charge in [0, 0.05) is 30.6 Å². The fourth-order valence-electron chi connectivity index (χ4n) is 2.95. The Morgan fingerprint density at radius 2 is 1.88 bits per heavy atom. The molecule has 2 aromatic rings. The van der Waals surface area contributed by atoms with Crippen LogP contribution in [-0.2, 0) is 20.5 Å². The summed E-state index contributed by atoms with van der Waals surface area (Å²) >= 11 is 1.57. The Balaban J connectivity index is 1.69. The third-order valence-corrected chi connectivity index (χ3v) is 6.43. The minimum absolute atomic E-state index is 0.0778. The maximum atomic E-state index is 13.3. The zero-order chi connectivity index (χ0) is 18.6. The van der Waals surface area contributed by atoms with E-state index in [0.717, 1.165) is 36.2 Å². The van der Waals surface area contributed by atoms with Crippen LogP contribution in [0.4, 0.5) is 8.78 Å². The smallest absolute Gasteiger partial charge is 0.215 e. The molecule has 0 bridgehead atoms. The summed E-state index contributed by atoms with van der Waals surface area (Å²) in [6.07, 6.45) is 0. The molecule has 9 heteroatoms. The number of nitrogens with zero attached hydrogens (tertiary/aromatic N) is 1. The number of sulfonamides is 1. The Morgan fingerprint density at radius 3 is 2.50 bits per heavy atom. The van der Waals surface area contributed by atoms with E-state index in [1.807, 2.05) is 17.5 Å². The Labute approximate surface area is 155 Å². The normalized spacial score (nSPS) is 17.3. The van der Waals surface area contributed by atoms with Crippen molar-refractivity contribution in [2.75, 3.05) is 32.8 Å². The van der Waals surface area contributed by atoms with Crippen LogP contribution >= 0.6 is 11.3 Å². The molecule has 0 saturated carbocycles. The first-order valence-electron chi connectivity index (χ1n) is 8.20. The molecule has 0 unspecified atom stereocenters. The van der Waals surface area contributed by atoms with Gasteiger partial charge < -0.3 is 4.74 Å². The number of ether oxygens (including phenoxy) is 1. The van der Waals surface area contributed by atoms with Crippen LogP contribution in [0.3, 0.4) is 0 Å². The number of benzene rings is 1. The van der Waals surface area contributed by atoms with Crippen molar-refractivity contribution in [1.82, 2.24) is 9.62 Å². The molecule has 0 radical (unpaired) electrons. The molecule has 1 aromatic carbocycles. The van der Waals surface area contributed by atoms with E-state index < -0.39 is 27.4 Å². The van der Waals surface area contributed by atoms with Gasteiger partial charge in [-0.25, -0.2) is 21.9 Å². The van der Waals surface area contributed by atoms with Crippen LogP contribution in [0.15, 0.2) is 35.7 Å². The summed E-state index contributed by atoms with van der Waals surface area (Å²) in [6, 6.07) is 6.58. The molecule has 1 saturated heterocycles. The minimum atomic E-state index is -3.73. The average Bonchev–Trinajstić information content (AvgIpc) is 3.09. The van der Waals surface area contributed by atoms with Crippen LogP contribution in [0.25, 0.3) is 0 Å². The maximum Gasteiger partial charge on any atom is 0.215 e. The Bertz CT molecular complexity index is 802. The Hall–Kier alpha value is -1.39. The van der Waals surface area contributed by atoms with E-state index in [-0.39, 0.29) is 18.2 Å². The average molecular weight is 402 g/mol. The van der Waals surface area contributed by atoms with Crippen molar-refractivity contribution < 1.29 is 21.9 Å². The highest BCUT2D eigenvalue weighted by atomic mass is 32.2. The predicted octanol–water partition coefficient (Wildman–Crippen LogP) is 2.52. The molecule has 5 nitrogen and oxygen atoms in total.